The molecule has 5 heteroatoms. The van der Waals surface area contributed by atoms with E-state index in [1.165, 1.54) is 6.92 Å². The van der Waals surface area contributed by atoms with E-state index in [2.05, 4.69) is 21.2 Å². The fourth-order valence-corrected chi connectivity index (χ4v) is 2.35. The van der Waals surface area contributed by atoms with Gasteiger partial charge in [-0.15, -0.1) is 0 Å². The van der Waals surface area contributed by atoms with Gasteiger partial charge in [0.1, 0.15) is 0 Å². The summed E-state index contributed by atoms with van der Waals surface area (Å²) in [6.07, 6.45) is 1.46. The molecule has 1 aromatic rings. The van der Waals surface area contributed by atoms with Gasteiger partial charge < -0.3 is 5.32 Å². The highest BCUT2D eigenvalue weighted by Gasteiger charge is 2.21. The largest absolute Gasteiger partial charge is 0.383 e. The second kappa shape index (κ2) is 4.25. The molecule has 0 saturated carbocycles. The van der Waals surface area contributed by atoms with Crippen LogP contribution < -0.4 is 10.2 Å². The van der Waals surface area contributed by atoms with E-state index in [0.717, 1.165) is 33.6 Å². The Morgan fingerprint density at radius 3 is 2.94 bits per heavy atom. The molecule has 0 aromatic heterocycles. The van der Waals surface area contributed by atoms with Gasteiger partial charge in [-0.1, -0.05) is 15.9 Å². The molecule has 1 aromatic carbocycles. The molecule has 0 spiro atoms. The molecule has 0 unspecified atom stereocenters. The molecular formula is C11H11BrN2O2. The number of carbonyl (C=O) groups is 2. The second-order valence-corrected chi connectivity index (χ2v) is 4.55. The molecule has 0 atom stereocenters. The lowest BCUT2D eigenvalue weighted by Crippen LogP contribution is -2.27. The number of nitrogens with one attached hydrogen (secondary N) is 1. The first-order chi connectivity index (χ1) is 7.63. The highest BCUT2D eigenvalue weighted by Crippen LogP contribution is 2.36. The van der Waals surface area contributed by atoms with E-state index in [0.29, 0.717) is 12.1 Å². The number of anilines is 2. The Labute approximate surface area is 102 Å². The minimum absolute atomic E-state index is 0.288. The molecule has 0 bridgehead atoms. The summed E-state index contributed by atoms with van der Waals surface area (Å²) >= 11 is 3.38. The Kier molecular flexibility index (Phi) is 2.96. The van der Waals surface area contributed by atoms with Crippen molar-refractivity contribution in [3.05, 3.63) is 22.2 Å². The normalized spacial score (nSPS) is 12.9. The van der Waals surface area contributed by atoms with Crippen LogP contribution in [-0.4, -0.2) is 18.9 Å². The van der Waals surface area contributed by atoms with Gasteiger partial charge >= 0.3 is 0 Å². The zero-order chi connectivity index (χ0) is 11.7. The van der Waals surface area contributed by atoms with Crippen LogP contribution >= 0.6 is 15.9 Å². The minimum atomic E-state index is -0.288. The van der Waals surface area contributed by atoms with Crippen LogP contribution in [0.2, 0.25) is 0 Å². The number of rotatable bonds is 2. The van der Waals surface area contributed by atoms with Crippen molar-refractivity contribution in [1.82, 2.24) is 0 Å². The molecule has 2 amide bonds. The van der Waals surface area contributed by atoms with Crippen LogP contribution in [0.15, 0.2) is 16.6 Å². The van der Waals surface area contributed by atoms with Gasteiger partial charge in [0.15, 0.2) is 0 Å². The predicted molar refractivity (Wildman–Crippen MR) is 65.6 cm³/mol. The van der Waals surface area contributed by atoms with E-state index in [4.69, 9.17) is 0 Å². The maximum atomic E-state index is 11.3. The summed E-state index contributed by atoms with van der Waals surface area (Å²) in [5, 5.41) is 3.19. The monoisotopic (exact) mass is 282 g/mol. The van der Waals surface area contributed by atoms with Crippen molar-refractivity contribution in [3.8, 4) is 0 Å². The molecule has 0 aliphatic carbocycles. The summed E-state index contributed by atoms with van der Waals surface area (Å²) in [7, 11) is 0. The average molecular weight is 283 g/mol. The third kappa shape index (κ3) is 1.82. The number of hydrogen-bond acceptors (Lipinski definition) is 3. The summed E-state index contributed by atoms with van der Waals surface area (Å²) in [4.78, 5) is 23.4. The van der Waals surface area contributed by atoms with Crippen molar-refractivity contribution in [3.63, 3.8) is 0 Å². The van der Waals surface area contributed by atoms with Gasteiger partial charge in [-0.3, -0.25) is 14.5 Å². The summed E-state index contributed by atoms with van der Waals surface area (Å²) in [5.74, 6) is -0.288. The molecule has 0 radical (unpaired) electrons. The van der Waals surface area contributed by atoms with Crippen molar-refractivity contribution in [2.45, 2.75) is 13.3 Å². The molecule has 0 saturated heterocycles. The number of halogens is 1. The van der Waals surface area contributed by atoms with E-state index < -0.39 is 0 Å². The van der Waals surface area contributed by atoms with E-state index in [9.17, 15) is 9.59 Å². The third-order valence-corrected chi connectivity index (χ3v) is 3.02. The fourth-order valence-electron chi connectivity index (χ4n) is 1.86. The van der Waals surface area contributed by atoms with Crippen molar-refractivity contribution >= 4 is 39.6 Å². The molecule has 84 valence electrons. The fraction of sp³-hybridized carbons (Fsp3) is 0.273. The number of nitrogens with zero attached hydrogens (tertiary/aromatic N) is 1. The summed E-state index contributed by atoms with van der Waals surface area (Å²) < 4.78 is 0.873. The van der Waals surface area contributed by atoms with Crippen LogP contribution in [-0.2, 0) is 16.0 Å². The average Bonchev–Trinajstić information content (AvgIpc) is 2.65. The van der Waals surface area contributed by atoms with Crippen molar-refractivity contribution in [2.75, 3.05) is 16.8 Å². The van der Waals surface area contributed by atoms with E-state index in [1.54, 1.807) is 6.07 Å². The first kappa shape index (κ1) is 11.1. The van der Waals surface area contributed by atoms with Crippen LogP contribution in [0.1, 0.15) is 12.5 Å². The highest BCUT2D eigenvalue weighted by molar-refractivity contribution is 9.10. The Morgan fingerprint density at radius 1 is 1.56 bits per heavy atom. The minimum Gasteiger partial charge on any atom is -0.383 e. The van der Waals surface area contributed by atoms with Crippen LogP contribution in [0.3, 0.4) is 0 Å². The van der Waals surface area contributed by atoms with Crippen molar-refractivity contribution in [2.24, 2.45) is 0 Å². The molecule has 4 nitrogen and oxygen atoms in total. The van der Waals surface area contributed by atoms with Crippen molar-refractivity contribution < 1.29 is 9.59 Å². The maximum Gasteiger partial charge on any atom is 0.230 e. The van der Waals surface area contributed by atoms with Crippen molar-refractivity contribution in [1.29, 1.82) is 0 Å². The van der Waals surface area contributed by atoms with E-state index >= 15 is 0 Å². The smallest absolute Gasteiger partial charge is 0.230 e. The quantitative estimate of drug-likeness (QED) is 0.844. The lowest BCUT2D eigenvalue weighted by molar-refractivity contribution is -0.120. The molecule has 16 heavy (non-hydrogen) atoms. The lowest BCUT2D eigenvalue weighted by Gasteiger charge is -2.17. The molecular weight excluding hydrogens is 272 g/mol. The Bertz CT molecular complexity index is 460. The van der Waals surface area contributed by atoms with Gasteiger partial charge in [0, 0.05) is 17.9 Å². The number of hydrogen-bond donors (Lipinski definition) is 1. The highest BCUT2D eigenvalue weighted by atomic mass is 79.9. The lowest BCUT2D eigenvalue weighted by atomic mass is 10.1. The van der Waals surface area contributed by atoms with Gasteiger partial charge in [-0.25, -0.2) is 0 Å². The zero-order valence-corrected chi connectivity index (χ0v) is 10.4. The molecule has 1 aliphatic heterocycles. The van der Waals surface area contributed by atoms with Gasteiger partial charge in [-0.2, -0.15) is 0 Å². The molecule has 0 fully saturated rings. The molecule has 1 N–H and O–H groups in total. The summed E-state index contributed by atoms with van der Waals surface area (Å²) in [6, 6.07) is 3.77. The van der Waals surface area contributed by atoms with E-state index in [-0.39, 0.29) is 5.91 Å². The third-order valence-electron chi connectivity index (χ3n) is 2.56. The number of amides is 2. The number of fused-ring (bicyclic) bond motifs is 1. The number of benzene rings is 1. The van der Waals surface area contributed by atoms with Crippen LogP contribution in [0.5, 0.6) is 0 Å². The van der Waals surface area contributed by atoms with Crippen LogP contribution in [0.4, 0.5) is 11.4 Å². The standard InChI is InChI=1S/C11H11BrN2O2/c1-7(16)14(6-15)10-5-9(12)4-8-2-3-13-11(8)10/h4-6,13H,2-3H2,1H3. The summed E-state index contributed by atoms with van der Waals surface area (Å²) in [5.41, 5.74) is 2.62. The second-order valence-electron chi connectivity index (χ2n) is 3.63. The first-order valence-corrected chi connectivity index (χ1v) is 5.74. The van der Waals surface area contributed by atoms with Gasteiger partial charge in [-0.05, 0) is 24.1 Å². The SMILES string of the molecule is CC(=O)N(C=O)c1cc(Br)cc2c1NCC2. The van der Waals surface area contributed by atoms with Gasteiger partial charge in [0.05, 0.1) is 11.4 Å². The molecule has 2 rings (SSSR count). The van der Waals surface area contributed by atoms with Crippen LogP contribution in [0.25, 0.3) is 0 Å². The molecule has 1 heterocycles. The number of carbonyl (C=O) groups excluding carboxylic acids is 2. The van der Waals surface area contributed by atoms with Gasteiger partial charge in [0.25, 0.3) is 0 Å². The zero-order valence-electron chi connectivity index (χ0n) is 8.79. The predicted octanol–water partition coefficient (Wildman–Crippen LogP) is 1.93. The first-order valence-electron chi connectivity index (χ1n) is 4.95. The Morgan fingerprint density at radius 2 is 2.31 bits per heavy atom. The Hall–Kier alpha value is -1.36. The van der Waals surface area contributed by atoms with Gasteiger partial charge in [0.2, 0.25) is 12.3 Å². The van der Waals surface area contributed by atoms with Crippen LogP contribution in [0, 0.1) is 0 Å². The summed E-state index contributed by atoms with van der Waals surface area (Å²) in [6.45, 7) is 2.21. The molecule has 1 aliphatic rings. The number of imide groups is 1. The Balaban J connectivity index is 2.55. The topological polar surface area (TPSA) is 49.4 Å². The maximum absolute atomic E-state index is 11.3. The van der Waals surface area contributed by atoms with E-state index in [1.807, 2.05) is 6.07 Å².